The molecule has 4 nitrogen and oxygen atoms in total. The van der Waals surface area contributed by atoms with Gasteiger partial charge < -0.3 is 10.1 Å². The third-order valence-corrected chi connectivity index (χ3v) is 1.55. The van der Waals surface area contributed by atoms with Crippen molar-refractivity contribution in [2.24, 2.45) is 0 Å². The van der Waals surface area contributed by atoms with E-state index in [9.17, 15) is 0 Å². The Labute approximate surface area is 83.7 Å². The number of aryl methyl sites for hydroxylation is 1. The van der Waals surface area contributed by atoms with Gasteiger partial charge in [-0.25, -0.2) is 4.98 Å². The summed E-state index contributed by atoms with van der Waals surface area (Å²) in [6.45, 7) is 2.37. The number of aromatic nitrogens is 2. The van der Waals surface area contributed by atoms with Crippen LogP contribution >= 0.6 is 0 Å². The van der Waals surface area contributed by atoms with Crippen molar-refractivity contribution in [1.29, 1.82) is 0 Å². The number of anilines is 1. The molecule has 74 valence electrons. The largest absolute Gasteiger partial charge is 0.477 e. The molecule has 1 N–H and O–H groups in total. The highest BCUT2D eigenvalue weighted by Gasteiger charge is 2.00. The third-order valence-electron chi connectivity index (χ3n) is 1.55. The first-order valence-corrected chi connectivity index (χ1v) is 4.36. The van der Waals surface area contributed by atoms with Gasteiger partial charge in [-0.05, 0) is 6.92 Å². The number of nitrogens with zero attached hydrogens (tertiary/aromatic N) is 2. The van der Waals surface area contributed by atoms with E-state index in [1.54, 1.807) is 13.1 Å². The Hall–Kier alpha value is -1.76. The van der Waals surface area contributed by atoms with Crippen LogP contribution < -0.4 is 10.1 Å². The maximum atomic E-state index is 5.34. The summed E-state index contributed by atoms with van der Waals surface area (Å²) < 4.78 is 5.34. The number of rotatable bonds is 4. The molecule has 0 saturated heterocycles. The van der Waals surface area contributed by atoms with Crippen molar-refractivity contribution in [3.8, 4) is 18.2 Å². The number of nitrogens with one attached hydrogen (secondary N) is 1. The van der Waals surface area contributed by atoms with E-state index in [2.05, 4.69) is 21.2 Å². The van der Waals surface area contributed by atoms with Gasteiger partial charge in [0, 0.05) is 25.2 Å². The van der Waals surface area contributed by atoms with E-state index < -0.39 is 0 Å². The van der Waals surface area contributed by atoms with Crippen LogP contribution in [0.4, 0.5) is 5.95 Å². The first-order valence-electron chi connectivity index (χ1n) is 4.36. The highest BCUT2D eigenvalue weighted by atomic mass is 16.5. The minimum atomic E-state index is 0.482. The molecule has 14 heavy (non-hydrogen) atoms. The summed E-state index contributed by atoms with van der Waals surface area (Å²) in [7, 11) is 1.76. The summed E-state index contributed by atoms with van der Waals surface area (Å²) in [5, 5.41) is 2.86. The molecule has 0 bridgehead atoms. The van der Waals surface area contributed by atoms with Crippen molar-refractivity contribution in [3.63, 3.8) is 0 Å². The Morgan fingerprint density at radius 1 is 1.57 bits per heavy atom. The molecule has 0 amide bonds. The predicted molar refractivity (Wildman–Crippen MR) is 55.3 cm³/mol. The molecule has 0 aliphatic rings. The minimum absolute atomic E-state index is 0.482. The van der Waals surface area contributed by atoms with Gasteiger partial charge in [-0.2, -0.15) is 4.98 Å². The van der Waals surface area contributed by atoms with Gasteiger partial charge in [0.15, 0.2) is 0 Å². The van der Waals surface area contributed by atoms with E-state index >= 15 is 0 Å². The molecule has 4 heteroatoms. The summed E-state index contributed by atoms with van der Waals surface area (Å²) >= 11 is 0. The lowest BCUT2D eigenvalue weighted by Gasteiger charge is -2.05. The van der Waals surface area contributed by atoms with Crippen LogP contribution in [-0.4, -0.2) is 23.6 Å². The topological polar surface area (TPSA) is 47.0 Å². The third kappa shape index (κ3) is 2.94. The van der Waals surface area contributed by atoms with Crippen molar-refractivity contribution in [1.82, 2.24) is 9.97 Å². The summed E-state index contributed by atoms with van der Waals surface area (Å²) in [5.41, 5.74) is 0.861. The Balaban J connectivity index is 2.67. The van der Waals surface area contributed by atoms with Crippen LogP contribution in [0.3, 0.4) is 0 Å². The lowest BCUT2D eigenvalue weighted by atomic mass is 10.4. The van der Waals surface area contributed by atoms with Crippen LogP contribution in [0.25, 0.3) is 0 Å². The quantitative estimate of drug-likeness (QED) is 0.574. The van der Waals surface area contributed by atoms with Crippen molar-refractivity contribution < 1.29 is 4.74 Å². The SMILES string of the molecule is C#CCCOc1cc(C)nc(NC)n1. The molecule has 0 aliphatic carbocycles. The lowest BCUT2D eigenvalue weighted by Crippen LogP contribution is -2.03. The van der Waals surface area contributed by atoms with Gasteiger partial charge in [0.1, 0.15) is 6.61 Å². The van der Waals surface area contributed by atoms with Crippen molar-refractivity contribution in [2.75, 3.05) is 19.0 Å². The molecule has 0 fully saturated rings. The van der Waals surface area contributed by atoms with Crippen molar-refractivity contribution >= 4 is 5.95 Å². The van der Waals surface area contributed by atoms with Crippen LogP contribution in [0.5, 0.6) is 5.88 Å². The van der Waals surface area contributed by atoms with Gasteiger partial charge >= 0.3 is 0 Å². The number of hydrogen-bond acceptors (Lipinski definition) is 4. The summed E-state index contributed by atoms with van der Waals surface area (Å²) in [4.78, 5) is 8.25. The Morgan fingerprint density at radius 3 is 3.00 bits per heavy atom. The molecule has 0 aliphatic heterocycles. The second kappa shape index (κ2) is 5.07. The fourth-order valence-corrected chi connectivity index (χ4v) is 0.940. The lowest BCUT2D eigenvalue weighted by molar-refractivity contribution is 0.314. The molecule has 0 unspecified atom stereocenters. The molecule has 1 rings (SSSR count). The molecule has 0 spiro atoms. The normalized spacial score (nSPS) is 9.21. The highest BCUT2D eigenvalue weighted by molar-refractivity contribution is 5.29. The zero-order valence-electron chi connectivity index (χ0n) is 8.37. The Bertz CT molecular complexity index is 344. The van der Waals surface area contributed by atoms with Gasteiger partial charge in [0.2, 0.25) is 11.8 Å². The molecule has 0 radical (unpaired) electrons. The van der Waals surface area contributed by atoms with Crippen molar-refractivity contribution in [3.05, 3.63) is 11.8 Å². The first-order chi connectivity index (χ1) is 6.76. The van der Waals surface area contributed by atoms with Gasteiger partial charge in [-0.3, -0.25) is 0 Å². The fourth-order valence-electron chi connectivity index (χ4n) is 0.940. The molecule has 0 saturated carbocycles. The summed E-state index contributed by atoms with van der Waals surface area (Å²) in [5.74, 6) is 3.61. The van der Waals surface area contributed by atoms with E-state index in [-0.39, 0.29) is 0 Å². The monoisotopic (exact) mass is 191 g/mol. The van der Waals surface area contributed by atoms with E-state index in [4.69, 9.17) is 11.2 Å². The highest BCUT2D eigenvalue weighted by Crippen LogP contribution is 2.11. The number of terminal acetylenes is 1. The molecule has 0 aromatic carbocycles. The Kier molecular flexibility index (Phi) is 3.74. The summed E-state index contributed by atoms with van der Waals surface area (Å²) in [6.07, 6.45) is 5.68. The summed E-state index contributed by atoms with van der Waals surface area (Å²) in [6, 6.07) is 1.78. The van der Waals surface area contributed by atoms with Crippen LogP contribution in [0.1, 0.15) is 12.1 Å². The molecule has 1 aromatic heterocycles. The molecule has 1 heterocycles. The first kappa shape index (κ1) is 10.3. The average molecular weight is 191 g/mol. The molecule has 1 aromatic rings. The second-order valence-corrected chi connectivity index (χ2v) is 2.72. The van der Waals surface area contributed by atoms with Crippen LogP contribution in [-0.2, 0) is 0 Å². The van der Waals surface area contributed by atoms with Gasteiger partial charge in [-0.15, -0.1) is 12.3 Å². The maximum Gasteiger partial charge on any atom is 0.225 e. The van der Waals surface area contributed by atoms with E-state index in [0.29, 0.717) is 24.9 Å². The van der Waals surface area contributed by atoms with E-state index in [1.165, 1.54) is 0 Å². The fraction of sp³-hybridized carbons (Fsp3) is 0.400. The second-order valence-electron chi connectivity index (χ2n) is 2.72. The number of ether oxygens (including phenoxy) is 1. The minimum Gasteiger partial charge on any atom is -0.477 e. The maximum absolute atomic E-state index is 5.34. The smallest absolute Gasteiger partial charge is 0.225 e. The zero-order valence-corrected chi connectivity index (χ0v) is 8.37. The van der Waals surface area contributed by atoms with Crippen LogP contribution in [0, 0.1) is 19.3 Å². The number of hydrogen-bond donors (Lipinski definition) is 1. The van der Waals surface area contributed by atoms with Crippen LogP contribution in [0.2, 0.25) is 0 Å². The van der Waals surface area contributed by atoms with Gasteiger partial charge in [0.25, 0.3) is 0 Å². The molecular weight excluding hydrogens is 178 g/mol. The van der Waals surface area contributed by atoms with Gasteiger partial charge in [0.05, 0.1) is 0 Å². The van der Waals surface area contributed by atoms with Crippen LogP contribution in [0.15, 0.2) is 6.07 Å². The Morgan fingerprint density at radius 2 is 2.36 bits per heavy atom. The predicted octanol–water partition coefficient (Wildman–Crippen LogP) is 1.23. The molecule has 0 atom stereocenters. The standard InChI is InChI=1S/C10H13N3O/c1-4-5-6-14-9-7-8(2)12-10(11-3)13-9/h1,7H,5-6H2,2-3H3,(H,11,12,13). The van der Waals surface area contributed by atoms with E-state index in [1.807, 2.05) is 6.92 Å². The average Bonchev–Trinajstić information content (AvgIpc) is 2.17. The zero-order chi connectivity index (χ0) is 10.4. The van der Waals surface area contributed by atoms with Crippen molar-refractivity contribution in [2.45, 2.75) is 13.3 Å². The van der Waals surface area contributed by atoms with Gasteiger partial charge in [-0.1, -0.05) is 0 Å². The van der Waals surface area contributed by atoms with E-state index in [0.717, 1.165) is 5.69 Å². The molecular formula is C10H13N3O.